The van der Waals surface area contributed by atoms with E-state index in [1.54, 1.807) is 12.1 Å². The molecule has 1 unspecified atom stereocenters. The van der Waals surface area contributed by atoms with Crippen molar-refractivity contribution < 1.29 is 14.4 Å². The second-order valence-corrected chi connectivity index (χ2v) is 5.63. The van der Waals surface area contributed by atoms with Crippen LogP contribution in [0.15, 0.2) is 18.2 Å². The van der Waals surface area contributed by atoms with Crippen LogP contribution in [0.1, 0.15) is 12.5 Å². The molecule has 5 heteroatoms. The van der Waals surface area contributed by atoms with E-state index in [4.69, 9.17) is 9.79 Å². The molecule has 0 spiro atoms. The molecular weight excluding hydrogens is 213 g/mol. The Hall–Kier alpha value is -0.830. The van der Waals surface area contributed by atoms with E-state index in [1.165, 1.54) is 6.07 Å². The van der Waals surface area contributed by atoms with Gasteiger partial charge in [-0.15, -0.1) is 0 Å². The number of hydrogen-bond donors (Lipinski definition) is 2. The summed E-state index contributed by atoms with van der Waals surface area (Å²) in [6, 6.07) is 5.31. The van der Waals surface area contributed by atoms with Crippen molar-refractivity contribution in [1.82, 2.24) is 0 Å². The van der Waals surface area contributed by atoms with Crippen molar-refractivity contribution >= 4 is 18.6 Å². The van der Waals surface area contributed by atoms with Crippen LogP contribution in [-0.4, -0.2) is 22.9 Å². The fourth-order valence-corrected chi connectivity index (χ4v) is 2.55. The molecule has 1 aromatic rings. The monoisotopic (exact) mass is 227 g/mol. The molecule has 4 nitrogen and oxygen atoms in total. The Kier molecular flexibility index (Phi) is 2.38. The Bertz CT molecular complexity index is 440. The molecule has 2 N–H and O–H groups in total. The normalized spacial score (nSPS) is 20.5. The lowest BCUT2D eigenvalue weighted by atomic mass is 10.1. The third-order valence-electron chi connectivity index (χ3n) is 2.96. The van der Waals surface area contributed by atoms with Crippen molar-refractivity contribution in [2.75, 3.05) is 11.9 Å². The molecule has 0 fully saturated rings. The average Bonchev–Trinajstić information content (AvgIpc) is 2.41. The van der Waals surface area contributed by atoms with E-state index in [1.807, 2.05) is 7.05 Å². The summed E-state index contributed by atoms with van der Waals surface area (Å²) < 4.78 is 11.1. The van der Waals surface area contributed by atoms with Gasteiger partial charge >= 0.3 is 7.60 Å². The Balaban J connectivity index is 2.47. The first-order chi connectivity index (χ1) is 6.89. The molecule has 0 radical (unpaired) electrons. The molecule has 0 aromatic heterocycles. The van der Waals surface area contributed by atoms with Gasteiger partial charge in [-0.3, -0.25) is 4.57 Å². The second-order valence-electron chi connectivity index (χ2n) is 4.02. The van der Waals surface area contributed by atoms with Gasteiger partial charge in [-0.05, 0) is 37.1 Å². The maximum Gasteiger partial charge on any atom is 0.356 e. The van der Waals surface area contributed by atoms with E-state index in [9.17, 15) is 4.57 Å². The molecule has 0 amide bonds. The molecule has 82 valence electrons. The molecule has 2 rings (SSSR count). The SMILES string of the molecule is CC1Cc2cc(P(=O)(O)O)ccc2N1C. The van der Waals surface area contributed by atoms with Gasteiger partial charge in [0.2, 0.25) is 0 Å². The van der Waals surface area contributed by atoms with Gasteiger partial charge in [-0.25, -0.2) is 0 Å². The maximum absolute atomic E-state index is 11.1. The fraction of sp³-hybridized carbons (Fsp3) is 0.400. The van der Waals surface area contributed by atoms with Crippen LogP contribution in [-0.2, 0) is 11.0 Å². The lowest BCUT2D eigenvalue weighted by Crippen LogP contribution is -2.23. The van der Waals surface area contributed by atoms with Crippen molar-refractivity contribution in [3.63, 3.8) is 0 Å². The zero-order valence-electron chi connectivity index (χ0n) is 8.71. The van der Waals surface area contributed by atoms with Crippen LogP contribution in [0.2, 0.25) is 0 Å². The van der Waals surface area contributed by atoms with Gasteiger partial charge in [0.15, 0.2) is 0 Å². The highest BCUT2D eigenvalue weighted by molar-refractivity contribution is 7.60. The third kappa shape index (κ3) is 1.81. The Morgan fingerprint density at radius 3 is 2.73 bits per heavy atom. The number of rotatable bonds is 1. The summed E-state index contributed by atoms with van der Waals surface area (Å²) in [5.74, 6) is 0. The van der Waals surface area contributed by atoms with Crippen molar-refractivity contribution in [2.45, 2.75) is 19.4 Å². The summed E-state index contributed by atoms with van der Waals surface area (Å²) in [6.45, 7) is 2.09. The summed E-state index contributed by atoms with van der Waals surface area (Å²) in [6.07, 6.45) is 0.847. The van der Waals surface area contributed by atoms with Gasteiger partial charge in [-0.1, -0.05) is 0 Å². The van der Waals surface area contributed by atoms with Crippen LogP contribution < -0.4 is 10.2 Å². The number of benzene rings is 1. The minimum Gasteiger partial charge on any atom is -0.371 e. The summed E-state index contributed by atoms with van der Waals surface area (Å²) in [5.41, 5.74) is 2.09. The molecule has 0 aliphatic carbocycles. The lowest BCUT2D eigenvalue weighted by molar-refractivity contribution is 0.387. The molecule has 1 heterocycles. The summed E-state index contributed by atoms with van der Waals surface area (Å²) in [7, 11) is -2.11. The van der Waals surface area contributed by atoms with E-state index in [0.29, 0.717) is 6.04 Å². The molecular formula is C10H14NO3P. The van der Waals surface area contributed by atoms with E-state index in [0.717, 1.165) is 17.7 Å². The maximum atomic E-state index is 11.1. The first kappa shape index (κ1) is 10.7. The van der Waals surface area contributed by atoms with Crippen LogP contribution >= 0.6 is 7.60 Å². The standard InChI is InChI=1S/C10H14NO3P/c1-7-5-8-6-9(15(12,13)14)3-4-10(8)11(7)2/h3-4,6-7H,5H2,1-2H3,(H2,12,13,14). The van der Waals surface area contributed by atoms with Gasteiger partial charge in [0.1, 0.15) is 0 Å². The average molecular weight is 227 g/mol. The highest BCUT2D eigenvalue weighted by atomic mass is 31.2. The topological polar surface area (TPSA) is 60.8 Å². The van der Waals surface area contributed by atoms with Gasteiger partial charge in [0.25, 0.3) is 0 Å². The van der Waals surface area contributed by atoms with E-state index < -0.39 is 7.60 Å². The quantitative estimate of drug-likeness (QED) is 0.699. The highest BCUT2D eigenvalue weighted by Crippen LogP contribution is 2.37. The van der Waals surface area contributed by atoms with Crippen molar-refractivity contribution in [3.05, 3.63) is 23.8 Å². The van der Waals surface area contributed by atoms with E-state index in [-0.39, 0.29) is 5.30 Å². The third-order valence-corrected chi connectivity index (χ3v) is 3.91. The van der Waals surface area contributed by atoms with Gasteiger partial charge in [0.05, 0.1) is 5.30 Å². The molecule has 1 aliphatic rings. The first-order valence-electron chi connectivity index (χ1n) is 4.81. The summed E-state index contributed by atoms with van der Waals surface area (Å²) >= 11 is 0. The number of hydrogen-bond acceptors (Lipinski definition) is 2. The molecule has 0 saturated carbocycles. The molecule has 1 aliphatic heterocycles. The zero-order chi connectivity index (χ0) is 11.2. The van der Waals surface area contributed by atoms with Crippen molar-refractivity contribution in [2.24, 2.45) is 0 Å². The van der Waals surface area contributed by atoms with Gasteiger partial charge < -0.3 is 14.7 Å². The first-order valence-corrected chi connectivity index (χ1v) is 6.42. The fourth-order valence-electron chi connectivity index (χ4n) is 1.95. The molecule has 1 atom stereocenters. The minimum absolute atomic E-state index is 0.115. The summed E-state index contributed by atoms with van der Waals surface area (Å²) in [5, 5.41) is 0.115. The van der Waals surface area contributed by atoms with Crippen LogP contribution in [0.3, 0.4) is 0 Å². The van der Waals surface area contributed by atoms with Gasteiger partial charge in [0, 0.05) is 18.8 Å². The van der Waals surface area contributed by atoms with Crippen LogP contribution in [0.25, 0.3) is 0 Å². The number of fused-ring (bicyclic) bond motifs is 1. The Morgan fingerprint density at radius 1 is 1.47 bits per heavy atom. The Labute approximate surface area is 88.7 Å². The summed E-state index contributed by atoms with van der Waals surface area (Å²) in [4.78, 5) is 20.2. The molecule has 1 aromatic carbocycles. The minimum atomic E-state index is -4.11. The van der Waals surface area contributed by atoms with Crippen LogP contribution in [0.5, 0.6) is 0 Å². The van der Waals surface area contributed by atoms with E-state index in [2.05, 4.69) is 11.8 Å². The van der Waals surface area contributed by atoms with E-state index >= 15 is 0 Å². The molecule has 0 bridgehead atoms. The smallest absolute Gasteiger partial charge is 0.356 e. The largest absolute Gasteiger partial charge is 0.371 e. The number of anilines is 1. The van der Waals surface area contributed by atoms with Crippen molar-refractivity contribution in [3.8, 4) is 0 Å². The predicted molar refractivity (Wildman–Crippen MR) is 59.7 cm³/mol. The predicted octanol–water partition coefficient (Wildman–Crippen LogP) is 0.870. The Morgan fingerprint density at radius 2 is 2.13 bits per heavy atom. The number of likely N-dealkylation sites (N-methyl/N-ethyl adjacent to an activating group) is 1. The van der Waals surface area contributed by atoms with Crippen molar-refractivity contribution in [1.29, 1.82) is 0 Å². The second kappa shape index (κ2) is 3.34. The molecule has 0 saturated heterocycles. The lowest BCUT2D eigenvalue weighted by Gasteiger charge is -2.18. The van der Waals surface area contributed by atoms with Crippen LogP contribution in [0, 0.1) is 0 Å². The van der Waals surface area contributed by atoms with Gasteiger partial charge in [-0.2, -0.15) is 0 Å². The zero-order valence-corrected chi connectivity index (χ0v) is 9.61. The highest BCUT2D eigenvalue weighted by Gasteiger charge is 2.25. The molecule has 15 heavy (non-hydrogen) atoms. The van der Waals surface area contributed by atoms with Crippen LogP contribution in [0.4, 0.5) is 5.69 Å². The number of nitrogens with zero attached hydrogens (tertiary/aromatic N) is 1.